The maximum atomic E-state index is 11.1. The van der Waals surface area contributed by atoms with Gasteiger partial charge in [-0.15, -0.1) is 0 Å². The highest BCUT2D eigenvalue weighted by atomic mass is 32.2. The second kappa shape index (κ2) is 22.5. The Balaban J connectivity index is 0.000000321. The number of rotatable bonds is 4. The Hall–Kier alpha value is -3.37. The molecule has 2 aromatic rings. The first kappa shape index (κ1) is 45.7. The summed E-state index contributed by atoms with van der Waals surface area (Å²) in [7, 11) is -4.51. The van der Waals surface area contributed by atoms with Crippen LogP contribution in [-0.4, -0.2) is 113 Å². The van der Waals surface area contributed by atoms with E-state index in [9.17, 15) is 16.8 Å². The summed E-state index contributed by atoms with van der Waals surface area (Å²) in [6.45, 7) is 18.1. The number of benzene rings is 2. The van der Waals surface area contributed by atoms with Gasteiger partial charge in [-0.1, -0.05) is 43.3 Å². The van der Waals surface area contributed by atoms with Crippen molar-refractivity contribution in [2.45, 2.75) is 77.0 Å². The van der Waals surface area contributed by atoms with E-state index in [0.717, 1.165) is 69.4 Å². The molecule has 0 aliphatic carbocycles. The van der Waals surface area contributed by atoms with Crippen molar-refractivity contribution in [2.24, 2.45) is 22.0 Å². The number of piperidine rings is 2. The monoisotopic (exact) mass is 751 g/mol. The number of amidine groups is 3. The average Bonchev–Trinajstić information content (AvgIpc) is 3.44. The van der Waals surface area contributed by atoms with Crippen LogP contribution >= 0.6 is 0 Å². The first-order valence-electron chi connectivity index (χ1n) is 17.2. The van der Waals surface area contributed by atoms with Crippen molar-refractivity contribution in [3.05, 3.63) is 59.7 Å². The van der Waals surface area contributed by atoms with E-state index < -0.39 is 19.9 Å². The lowest BCUT2D eigenvalue weighted by atomic mass is 9.98. The minimum atomic E-state index is -3.53. The SMILES string of the molecule is CC(=N)N1CCC(C)CC1.CC(=N)N1CCC(COO)CC1.CC1=NCCN1C.Cc1ccccc1S(C)(=O)=O.Cc1ccccc1S(N)(=O)=O. The number of hydrogen-bond donors (Lipinski definition) is 4. The van der Waals surface area contributed by atoms with E-state index in [1.54, 1.807) is 50.2 Å². The summed E-state index contributed by atoms with van der Waals surface area (Å²) in [5.74, 6) is 3.87. The predicted octanol–water partition coefficient (Wildman–Crippen LogP) is 5.29. The number of likely N-dealkylation sites (N-methyl/N-ethyl adjacent to an activating group) is 1. The number of sulfone groups is 1. The van der Waals surface area contributed by atoms with Crippen molar-refractivity contribution in [2.75, 3.05) is 59.2 Å². The topological polar surface area (TPSA) is 194 Å². The fraction of sp³-hybridized carbons (Fsp3) is 0.583. The maximum absolute atomic E-state index is 11.1. The zero-order valence-electron chi connectivity index (χ0n) is 31.7. The van der Waals surface area contributed by atoms with Crippen molar-refractivity contribution >= 4 is 37.4 Å². The molecule has 0 aromatic heterocycles. The van der Waals surface area contributed by atoms with Gasteiger partial charge >= 0.3 is 0 Å². The molecule has 0 atom stereocenters. The number of aliphatic imine (C=N–C) groups is 1. The summed E-state index contributed by atoms with van der Waals surface area (Å²) in [6, 6.07) is 13.6. The van der Waals surface area contributed by atoms with Gasteiger partial charge in [0, 0.05) is 46.0 Å². The third kappa shape index (κ3) is 18.1. The minimum absolute atomic E-state index is 0.194. The van der Waals surface area contributed by atoms with Crippen molar-refractivity contribution in [3.8, 4) is 0 Å². The molecule has 288 valence electrons. The Kier molecular flexibility index (Phi) is 20.2. The fourth-order valence-corrected chi connectivity index (χ4v) is 7.14. The van der Waals surface area contributed by atoms with Crippen LogP contribution in [0.1, 0.15) is 64.5 Å². The van der Waals surface area contributed by atoms with E-state index in [1.807, 2.05) is 31.7 Å². The van der Waals surface area contributed by atoms with Gasteiger partial charge < -0.3 is 14.7 Å². The van der Waals surface area contributed by atoms with E-state index >= 15 is 0 Å². The van der Waals surface area contributed by atoms with Crippen LogP contribution in [0.2, 0.25) is 0 Å². The largest absolute Gasteiger partial charge is 0.362 e. The molecule has 2 aromatic carbocycles. The standard InChI is InChI=1S/C8H16N2O2.C8H16N2.C8H10O2S.C7H9NO2S.C5H10N2/c1-7(9)10-4-2-8(3-5-10)6-12-11;1-7-3-5-10(6-4-7)8(2)9;1-7-5-3-4-6-8(7)11(2,9)10;1-6-4-2-3-5-7(6)11(8,9)10;1-5-6-3-4-7(5)2/h8-9,11H,2-6H2,1H3;7,9H,3-6H2,1-2H3;3-6H,1-2H3;2-5H,1H3,(H2,8,9,10);3-4H2,1-2H3. The fourth-order valence-electron chi connectivity index (χ4n) is 5.38. The second-order valence-corrected chi connectivity index (χ2v) is 16.8. The predicted molar refractivity (Wildman–Crippen MR) is 207 cm³/mol. The average molecular weight is 752 g/mol. The minimum Gasteiger partial charge on any atom is -0.362 e. The van der Waals surface area contributed by atoms with Gasteiger partial charge in [0.15, 0.2) is 9.84 Å². The van der Waals surface area contributed by atoms with Crippen LogP contribution in [0.25, 0.3) is 0 Å². The molecule has 3 heterocycles. The van der Waals surface area contributed by atoms with E-state index in [0.29, 0.717) is 28.8 Å². The number of sulfonamides is 1. The molecule has 0 saturated carbocycles. The third-order valence-corrected chi connectivity index (χ3v) is 11.2. The highest BCUT2D eigenvalue weighted by Crippen LogP contribution is 2.17. The third-order valence-electron chi connectivity index (χ3n) is 8.88. The second-order valence-electron chi connectivity index (χ2n) is 13.3. The molecule has 51 heavy (non-hydrogen) atoms. The molecular formula is C36H61N7O6S2. The molecule has 5 rings (SSSR count). The van der Waals surface area contributed by atoms with E-state index in [1.165, 1.54) is 31.0 Å². The van der Waals surface area contributed by atoms with E-state index in [4.69, 9.17) is 21.2 Å². The van der Waals surface area contributed by atoms with Gasteiger partial charge in [-0.3, -0.25) is 21.1 Å². The molecule has 3 aliphatic rings. The quantitative estimate of drug-likeness (QED) is 0.139. The first-order valence-corrected chi connectivity index (χ1v) is 20.6. The molecule has 13 nitrogen and oxygen atoms in total. The van der Waals surface area contributed by atoms with Crippen molar-refractivity contribution in [1.82, 2.24) is 14.7 Å². The molecule has 15 heteroatoms. The zero-order valence-corrected chi connectivity index (χ0v) is 33.4. The Bertz CT molecular complexity index is 1540. The van der Waals surface area contributed by atoms with Crippen molar-refractivity contribution < 1.29 is 27.0 Å². The summed E-state index contributed by atoms with van der Waals surface area (Å²) >= 11 is 0. The highest BCUT2D eigenvalue weighted by Gasteiger charge is 2.19. The molecule has 0 radical (unpaired) electrons. The van der Waals surface area contributed by atoms with Crippen LogP contribution in [-0.2, 0) is 24.7 Å². The van der Waals surface area contributed by atoms with Crippen molar-refractivity contribution in [1.29, 1.82) is 10.8 Å². The Labute approximate surface area is 306 Å². The molecule has 0 unspecified atom stereocenters. The van der Waals surface area contributed by atoms with Crippen molar-refractivity contribution in [3.63, 3.8) is 0 Å². The Morgan fingerprint density at radius 3 is 1.53 bits per heavy atom. The maximum Gasteiger partial charge on any atom is 0.238 e. The number of primary sulfonamides is 1. The van der Waals surface area contributed by atoms with Crippen LogP contribution in [0.3, 0.4) is 0 Å². The number of nitrogens with two attached hydrogens (primary N) is 1. The lowest BCUT2D eigenvalue weighted by Crippen LogP contribution is -2.37. The van der Waals surface area contributed by atoms with Gasteiger partial charge in [-0.05, 0) is 95.4 Å². The number of nitrogens with one attached hydrogen (secondary N) is 2. The van der Waals surface area contributed by atoms with E-state index in [-0.39, 0.29) is 4.90 Å². The smallest absolute Gasteiger partial charge is 0.238 e. The molecule has 0 amide bonds. The highest BCUT2D eigenvalue weighted by molar-refractivity contribution is 7.90. The summed E-state index contributed by atoms with van der Waals surface area (Å²) in [4.78, 5) is 15.2. The van der Waals surface area contributed by atoms with Crippen LogP contribution in [0.5, 0.6) is 0 Å². The van der Waals surface area contributed by atoms with Gasteiger partial charge in [0.25, 0.3) is 0 Å². The molecule has 0 spiro atoms. The summed E-state index contributed by atoms with van der Waals surface area (Å²) in [5.41, 5.74) is 1.48. The summed E-state index contributed by atoms with van der Waals surface area (Å²) in [6.07, 6.45) is 5.76. The molecule has 2 fully saturated rings. The zero-order chi connectivity index (χ0) is 38.8. The normalized spacial score (nSPS) is 16.5. The van der Waals surface area contributed by atoms with Crippen LogP contribution in [0.4, 0.5) is 0 Å². The molecule has 2 saturated heterocycles. The van der Waals surface area contributed by atoms with Gasteiger partial charge in [0.1, 0.15) is 0 Å². The molecule has 0 bridgehead atoms. The first-order chi connectivity index (χ1) is 23.8. The summed E-state index contributed by atoms with van der Waals surface area (Å²) in [5, 5.41) is 27.9. The van der Waals surface area contributed by atoms with E-state index in [2.05, 4.69) is 33.7 Å². The van der Waals surface area contributed by atoms with Crippen LogP contribution in [0, 0.1) is 36.5 Å². The lowest BCUT2D eigenvalue weighted by molar-refractivity contribution is -0.252. The summed E-state index contributed by atoms with van der Waals surface area (Å²) < 4.78 is 43.8. The molecule has 5 N–H and O–H groups in total. The molecular weight excluding hydrogens is 691 g/mol. The van der Waals surface area contributed by atoms with Gasteiger partial charge in [0.2, 0.25) is 10.0 Å². The Morgan fingerprint density at radius 1 is 0.824 bits per heavy atom. The van der Waals surface area contributed by atoms with Gasteiger partial charge in [0.05, 0.1) is 40.4 Å². The lowest BCUT2D eigenvalue weighted by Gasteiger charge is -2.31. The number of likely N-dealkylation sites (tertiary alicyclic amines) is 2. The van der Waals surface area contributed by atoms with Crippen LogP contribution in [0.15, 0.2) is 63.3 Å². The van der Waals surface area contributed by atoms with Crippen LogP contribution < -0.4 is 5.14 Å². The molecule has 3 aliphatic heterocycles. The number of hydrogen-bond acceptors (Lipinski definition) is 10. The number of nitrogens with zero attached hydrogens (tertiary/aromatic N) is 4. The van der Waals surface area contributed by atoms with Gasteiger partial charge in [-0.25, -0.2) is 26.9 Å². The number of aryl methyl sites for hydroxylation is 2. The Morgan fingerprint density at radius 2 is 1.25 bits per heavy atom. The van der Waals surface area contributed by atoms with Gasteiger partial charge in [-0.2, -0.15) is 0 Å².